The zero-order chi connectivity index (χ0) is 13.7. The summed E-state index contributed by atoms with van der Waals surface area (Å²) in [5.74, 6) is 0.0365. The molecule has 0 aliphatic carbocycles. The number of rotatable bonds is 6. The number of thiophene rings is 1. The lowest BCUT2D eigenvalue weighted by atomic mass is 10.3. The van der Waals surface area contributed by atoms with Crippen LogP contribution in [0.1, 0.15) is 9.88 Å². The molecule has 0 radical (unpaired) electrons. The van der Waals surface area contributed by atoms with Crippen LogP contribution >= 0.6 is 22.7 Å². The number of aryl methyl sites for hydroxylation is 1. The largest absolute Gasteiger partial charge is 0.355 e. The molecule has 2 aromatic heterocycles. The maximum absolute atomic E-state index is 11.3. The van der Waals surface area contributed by atoms with Crippen molar-refractivity contribution in [2.45, 2.75) is 13.3 Å². The average Bonchev–Trinajstić information content (AvgIpc) is 2.98. The average molecular weight is 295 g/mol. The normalized spacial score (nSPS) is 10.6. The minimum absolute atomic E-state index is 0.0365. The molecular weight excluding hydrogens is 278 g/mol. The van der Waals surface area contributed by atoms with Crippen molar-refractivity contribution in [3.8, 4) is 10.6 Å². The van der Waals surface area contributed by atoms with E-state index in [9.17, 15) is 4.79 Å². The molecule has 102 valence electrons. The summed E-state index contributed by atoms with van der Waals surface area (Å²) in [4.78, 5) is 18.2. The number of hydrogen-bond acceptors (Lipinski definition) is 5. The van der Waals surface area contributed by atoms with Gasteiger partial charge in [0.25, 0.3) is 0 Å². The van der Waals surface area contributed by atoms with Gasteiger partial charge in [-0.15, -0.1) is 22.7 Å². The maximum Gasteiger partial charge on any atom is 0.233 e. The van der Waals surface area contributed by atoms with Gasteiger partial charge in [-0.2, -0.15) is 0 Å². The van der Waals surface area contributed by atoms with Crippen LogP contribution in [0.15, 0.2) is 17.5 Å². The number of aromatic nitrogens is 1. The van der Waals surface area contributed by atoms with Gasteiger partial charge in [-0.3, -0.25) is 4.79 Å². The Bertz CT molecular complexity index is 548. The van der Waals surface area contributed by atoms with Crippen LogP contribution in [0, 0.1) is 6.92 Å². The SMILES string of the molecule is CNCC(=O)NCCc1ccc(-c2csc(C)n2)s1. The van der Waals surface area contributed by atoms with E-state index in [0.717, 1.165) is 17.1 Å². The lowest BCUT2D eigenvalue weighted by Gasteiger charge is -2.02. The van der Waals surface area contributed by atoms with E-state index < -0.39 is 0 Å². The second-order valence-electron chi connectivity index (χ2n) is 4.15. The Morgan fingerprint density at radius 1 is 1.42 bits per heavy atom. The van der Waals surface area contributed by atoms with Crippen molar-refractivity contribution in [2.24, 2.45) is 0 Å². The number of thiazole rings is 1. The van der Waals surface area contributed by atoms with Gasteiger partial charge >= 0.3 is 0 Å². The molecule has 0 saturated carbocycles. The lowest BCUT2D eigenvalue weighted by Crippen LogP contribution is -2.33. The number of nitrogens with zero attached hydrogens (tertiary/aromatic N) is 1. The Labute approximate surface area is 120 Å². The zero-order valence-electron chi connectivity index (χ0n) is 11.0. The Kier molecular flexibility index (Phi) is 5.07. The molecule has 0 fully saturated rings. The van der Waals surface area contributed by atoms with E-state index in [4.69, 9.17) is 0 Å². The van der Waals surface area contributed by atoms with Gasteiger partial charge in [0.2, 0.25) is 5.91 Å². The number of nitrogens with one attached hydrogen (secondary N) is 2. The minimum atomic E-state index is 0.0365. The Morgan fingerprint density at radius 2 is 2.26 bits per heavy atom. The van der Waals surface area contributed by atoms with Crippen LogP contribution in [0.4, 0.5) is 0 Å². The topological polar surface area (TPSA) is 54.0 Å². The van der Waals surface area contributed by atoms with Crippen molar-refractivity contribution in [1.29, 1.82) is 0 Å². The predicted molar refractivity (Wildman–Crippen MR) is 80.8 cm³/mol. The van der Waals surface area contributed by atoms with Crippen LogP contribution in [-0.2, 0) is 11.2 Å². The van der Waals surface area contributed by atoms with Gasteiger partial charge in [0.15, 0.2) is 0 Å². The molecule has 0 saturated heterocycles. The molecule has 0 unspecified atom stereocenters. The van der Waals surface area contributed by atoms with Crippen LogP contribution in [0.3, 0.4) is 0 Å². The van der Waals surface area contributed by atoms with E-state index >= 15 is 0 Å². The number of likely N-dealkylation sites (N-methyl/N-ethyl adjacent to an activating group) is 1. The Morgan fingerprint density at radius 3 is 2.95 bits per heavy atom. The van der Waals surface area contributed by atoms with Crippen molar-refractivity contribution in [2.75, 3.05) is 20.1 Å². The molecular formula is C13H17N3OS2. The number of carbonyl (C=O) groups is 1. The van der Waals surface area contributed by atoms with Crippen molar-refractivity contribution < 1.29 is 4.79 Å². The van der Waals surface area contributed by atoms with Gasteiger partial charge in [-0.1, -0.05) is 0 Å². The molecule has 4 nitrogen and oxygen atoms in total. The van der Waals surface area contributed by atoms with Crippen molar-refractivity contribution >= 4 is 28.6 Å². The highest BCUT2D eigenvalue weighted by atomic mass is 32.1. The summed E-state index contributed by atoms with van der Waals surface area (Å²) in [6.07, 6.45) is 0.864. The van der Waals surface area contributed by atoms with E-state index in [-0.39, 0.29) is 5.91 Å². The van der Waals surface area contributed by atoms with E-state index in [1.165, 1.54) is 9.75 Å². The monoisotopic (exact) mass is 295 g/mol. The Balaban J connectivity index is 1.86. The maximum atomic E-state index is 11.3. The fraction of sp³-hybridized carbons (Fsp3) is 0.385. The second-order valence-corrected chi connectivity index (χ2v) is 6.38. The van der Waals surface area contributed by atoms with Crippen molar-refractivity contribution in [3.63, 3.8) is 0 Å². The van der Waals surface area contributed by atoms with Gasteiger partial charge < -0.3 is 10.6 Å². The van der Waals surface area contributed by atoms with Crippen LogP contribution in [0.25, 0.3) is 10.6 Å². The van der Waals surface area contributed by atoms with E-state index in [1.807, 2.05) is 6.92 Å². The van der Waals surface area contributed by atoms with Crippen LogP contribution < -0.4 is 10.6 Å². The molecule has 0 bridgehead atoms. The van der Waals surface area contributed by atoms with Gasteiger partial charge in [0.05, 0.1) is 22.1 Å². The van der Waals surface area contributed by atoms with Crippen LogP contribution in [0.5, 0.6) is 0 Å². The van der Waals surface area contributed by atoms with Crippen molar-refractivity contribution in [3.05, 3.63) is 27.4 Å². The highest BCUT2D eigenvalue weighted by Gasteiger charge is 2.06. The molecule has 2 rings (SSSR count). The van der Waals surface area contributed by atoms with Gasteiger partial charge in [0, 0.05) is 16.8 Å². The standard InChI is InChI=1S/C13H17N3OS2/c1-9-16-11(8-18-9)12-4-3-10(19-12)5-6-15-13(17)7-14-2/h3-4,8,14H,5-7H2,1-2H3,(H,15,17). The molecule has 19 heavy (non-hydrogen) atoms. The molecule has 6 heteroatoms. The molecule has 2 N–H and O–H groups in total. The summed E-state index contributed by atoms with van der Waals surface area (Å²) in [5, 5.41) is 8.87. The summed E-state index contributed by atoms with van der Waals surface area (Å²) in [5.41, 5.74) is 1.05. The van der Waals surface area contributed by atoms with Crippen LogP contribution in [0.2, 0.25) is 0 Å². The zero-order valence-corrected chi connectivity index (χ0v) is 12.7. The quantitative estimate of drug-likeness (QED) is 0.857. The third kappa shape index (κ3) is 4.12. The smallest absolute Gasteiger partial charge is 0.233 e. The first-order chi connectivity index (χ1) is 9.19. The highest BCUT2D eigenvalue weighted by Crippen LogP contribution is 2.29. The molecule has 0 aliphatic rings. The first-order valence-corrected chi connectivity index (χ1v) is 7.81. The van der Waals surface area contributed by atoms with Crippen LogP contribution in [-0.4, -0.2) is 31.0 Å². The Hall–Kier alpha value is -1.24. The summed E-state index contributed by atoms with van der Waals surface area (Å²) >= 11 is 3.41. The van der Waals surface area contributed by atoms with Crippen molar-refractivity contribution in [1.82, 2.24) is 15.6 Å². The predicted octanol–water partition coefficient (Wildman–Crippen LogP) is 2.06. The fourth-order valence-corrected chi connectivity index (χ4v) is 3.33. The molecule has 0 spiro atoms. The molecule has 2 aromatic rings. The van der Waals surface area contributed by atoms with E-state index in [1.54, 1.807) is 29.7 Å². The molecule has 0 atom stereocenters. The highest BCUT2D eigenvalue weighted by molar-refractivity contribution is 7.16. The minimum Gasteiger partial charge on any atom is -0.355 e. The molecule has 2 heterocycles. The summed E-state index contributed by atoms with van der Waals surface area (Å²) < 4.78 is 0. The first kappa shape index (κ1) is 14.2. The third-order valence-corrected chi connectivity index (χ3v) is 4.51. The van der Waals surface area contributed by atoms with Gasteiger partial charge in [-0.25, -0.2) is 4.98 Å². The molecule has 1 amide bonds. The summed E-state index contributed by atoms with van der Waals surface area (Å²) in [6.45, 7) is 3.06. The number of amides is 1. The molecule has 0 aliphatic heterocycles. The summed E-state index contributed by atoms with van der Waals surface area (Å²) in [6, 6.07) is 4.21. The first-order valence-electron chi connectivity index (χ1n) is 6.11. The molecule has 0 aromatic carbocycles. The van der Waals surface area contributed by atoms with Gasteiger partial charge in [-0.05, 0) is 32.5 Å². The van der Waals surface area contributed by atoms with E-state index in [2.05, 4.69) is 33.1 Å². The number of hydrogen-bond donors (Lipinski definition) is 2. The fourth-order valence-electron chi connectivity index (χ4n) is 1.67. The lowest BCUT2D eigenvalue weighted by molar-refractivity contribution is -0.120. The van der Waals surface area contributed by atoms with E-state index in [0.29, 0.717) is 13.1 Å². The second kappa shape index (κ2) is 6.79. The van der Waals surface area contributed by atoms with Gasteiger partial charge in [0.1, 0.15) is 0 Å². The summed E-state index contributed by atoms with van der Waals surface area (Å²) in [7, 11) is 1.76. The number of carbonyl (C=O) groups excluding carboxylic acids is 1. The third-order valence-electron chi connectivity index (χ3n) is 2.56.